The molecular weight excluding hydrogens is 647 g/mol. The fourth-order valence-electron chi connectivity index (χ4n) is 3.73. The lowest BCUT2D eigenvalue weighted by Crippen LogP contribution is -2.74. The van der Waals surface area contributed by atoms with Gasteiger partial charge in [0.15, 0.2) is 0 Å². The van der Waals surface area contributed by atoms with Gasteiger partial charge in [-0.15, -0.1) is 0 Å². The van der Waals surface area contributed by atoms with Crippen LogP contribution in [-0.4, -0.2) is 66.2 Å². The predicted molar refractivity (Wildman–Crippen MR) is 125 cm³/mol. The standard InChI is InChI=1S/C25H34F15NO3/c1-4-5-6-7-8-9-10-11-12-13-44-17(42)16(14-15(2)3)41-18(43)19(26,27)20(28,29)21(30,31)22(32,33)23(34,35)24(36,37)25(38,39)40/h15-16H,4-14H2,1-3H3,(H,41,43). The highest BCUT2D eigenvalue weighted by Crippen LogP contribution is 2.62. The van der Waals surface area contributed by atoms with Crippen molar-refractivity contribution < 1.29 is 80.2 Å². The summed E-state index contributed by atoms with van der Waals surface area (Å²) in [5.74, 6) is -54.6. The van der Waals surface area contributed by atoms with Gasteiger partial charge in [-0.3, -0.25) is 4.79 Å². The van der Waals surface area contributed by atoms with E-state index in [-0.39, 0.29) is 13.0 Å². The van der Waals surface area contributed by atoms with Gasteiger partial charge in [-0.05, 0) is 18.8 Å². The molecule has 0 aromatic rings. The van der Waals surface area contributed by atoms with Crippen LogP contribution in [0.15, 0.2) is 0 Å². The molecule has 44 heavy (non-hydrogen) atoms. The second kappa shape index (κ2) is 15.5. The smallest absolute Gasteiger partial charge is 0.460 e. The minimum absolute atomic E-state index is 0.218. The number of unbranched alkanes of at least 4 members (excludes halogenated alkanes) is 8. The van der Waals surface area contributed by atoms with Gasteiger partial charge in [0.1, 0.15) is 6.04 Å². The van der Waals surface area contributed by atoms with Crippen LogP contribution in [0.25, 0.3) is 0 Å². The Hall–Kier alpha value is -2.11. The predicted octanol–water partition coefficient (Wildman–Crippen LogP) is 8.97. The van der Waals surface area contributed by atoms with E-state index >= 15 is 0 Å². The van der Waals surface area contributed by atoms with Gasteiger partial charge in [0.25, 0.3) is 5.91 Å². The Balaban J connectivity index is 5.75. The molecule has 0 fully saturated rings. The summed E-state index contributed by atoms with van der Waals surface area (Å²) in [6.45, 7) is 4.24. The van der Waals surface area contributed by atoms with Crippen molar-refractivity contribution in [1.82, 2.24) is 5.32 Å². The van der Waals surface area contributed by atoms with E-state index in [1.165, 1.54) is 13.8 Å². The molecule has 1 N–H and O–H groups in total. The van der Waals surface area contributed by atoms with Gasteiger partial charge in [0.2, 0.25) is 0 Å². The Bertz CT molecular complexity index is 921. The topological polar surface area (TPSA) is 55.4 Å². The van der Waals surface area contributed by atoms with E-state index in [2.05, 4.69) is 0 Å². The zero-order valence-electron chi connectivity index (χ0n) is 23.8. The molecule has 0 heterocycles. The Morgan fingerprint density at radius 2 is 0.977 bits per heavy atom. The van der Waals surface area contributed by atoms with Crippen LogP contribution in [0.2, 0.25) is 0 Å². The molecule has 0 aromatic carbocycles. The van der Waals surface area contributed by atoms with Crippen molar-refractivity contribution in [3.05, 3.63) is 0 Å². The second-order valence-electron chi connectivity index (χ2n) is 10.6. The lowest BCUT2D eigenvalue weighted by Gasteiger charge is -2.41. The number of rotatable bonds is 20. The third-order valence-corrected chi connectivity index (χ3v) is 6.40. The van der Waals surface area contributed by atoms with Gasteiger partial charge in [-0.2, -0.15) is 65.9 Å². The summed E-state index contributed by atoms with van der Waals surface area (Å²) in [5.41, 5.74) is 0. The van der Waals surface area contributed by atoms with E-state index in [4.69, 9.17) is 4.74 Å². The van der Waals surface area contributed by atoms with E-state index in [1.807, 2.05) is 6.92 Å². The van der Waals surface area contributed by atoms with Crippen LogP contribution >= 0.6 is 0 Å². The average Bonchev–Trinajstić information content (AvgIpc) is 2.87. The summed E-state index contributed by atoms with van der Waals surface area (Å²) in [7, 11) is 0. The first kappa shape index (κ1) is 41.9. The van der Waals surface area contributed by atoms with E-state index in [9.17, 15) is 75.4 Å². The normalized spacial score (nSPS) is 15.0. The van der Waals surface area contributed by atoms with Crippen LogP contribution in [0.5, 0.6) is 0 Å². The van der Waals surface area contributed by atoms with Crippen molar-refractivity contribution in [1.29, 1.82) is 0 Å². The van der Waals surface area contributed by atoms with Gasteiger partial charge < -0.3 is 10.1 Å². The molecule has 19 heteroatoms. The zero-order valence-corrected chi connectivity index (χ0v) is 23.8. The largest absolute Gasteiger partial charge is 0.464 e. The monoisotopic (exact) mass is 681 g/mol. The van der Waals surface area contributed by atoms with E-state index in [0.717, 1.165) is 43.8 Å². The van der Waals surface area contributed by atoms with Crippen molar-refractivity contribution >= 4 is 11.9 Å². The van der Waals surface area contributed by atoms with Gasteiger partial charge in [-0.25, -0.2) is 4.79 Å². The van der Waals surface area contributed by atoms with Crippen LogP contribution in [0.3, 0.4) is 0 Å². The summed E-state index contributed by atoms with van der Waals surface area (Å²) >= 11 is 0. The molecule has 0 rings (SSSR count). The fourth-order valence-corrected chi connectivity index (χ4v) is 3.73. The number of esters is 1. The molecule has 0 spiro atoms. The van der Waals surface area contributed by atoms with Gasteiger partial charge in [-0.1, -0.05) is 72.1 Å². The molecule has 0 saturated heterocycles. The van der Waals surface area contributed by atoms with Gasteiger partial charge in [0.05, 0.1) is 6.61 Å². The number of nitrogens with one attached hydrogen (secondary N) is 1. The van der Waals surface area contributed by atoms with Gasteiger partial charge >= 0.3 is 47.7 Å². The minimum atomic E-state index is -8.52. The number of amides is 1. The number of carbonyl (C=O) groups is 2. The molecule has 1 atom stereocenters. The molecular formula is C25H34F15NO3. The lowest BCUT2D eigenvalue weighted by molar-refractivity contribution is -0.449. The summed E-state index contributed by atoms with van der Waals surface area (Å²) < 4.78 is 206. The maximum absolute atomic E-state index is 14.2. The number of hydrogen-bond donors (Lipinski definition) is 1. The third kappa shape index (κ3) is 9.00. The second-order valence-corrected chi connectivity index (χ2v) is 10.6. The summed E-state index contributed by atoms with van der Waals surface area (Å²) in [5, 5.41) is 0.859. The number of halogens is 15. The van der Waals surface area contributed by atoms with Crippen molar-refractivity contribution in [3.63, 3.8) is 0 Å². The van der Waals surface area contributed by atoms with Crippen LogP contribution < -0.4 is 5.32 Å². The molecule has 4 nitrogen and oxygen atoms in total. The average molecular weight is 682 g/mol. The molecule has 0 aliphatic carbocycles. The van der Waals surface area contributed by atoms with Crippen molar-refractivity contribution in [2.45, 2.75) is 133 Å². The van der Waals surface area contributed by atoms with E-state index in [0.29, 0.717) is 12.8 Å². The Morgan fingerprint density at radius 3 is 1.39 bits per heavy atom. The van der Waals surface area contributed by atoms with Gasteiger partial charge in [0, 0.05) is 0 Å². The molecule has 1 amide bonds. The zero-order chi connectivity index (χ0) is 35.0. The maximum Gasteiger partial charge on any atom is 0.460 e. The van der Waals surface area contributed by atoms with Crippen molar-refractivity contribution in [2.75, 3.05) is 6.61 Å². The highest BCUT2D eigenvalue weighted by molar-refractivity contribution is 5.89. The van der Waals surface area contributed by atoms with Crippen LogP contribution in [-0.2, 0) is 14.3 Å². The highest BCUT2D eigenvalue weighted by Gasteiger charge is 2.94. The first-order chi connectivity index (χ1) is 19.7. The maximum atomic E-state index is 14.2. The van der Waals surface area contributed by atoms with Crippen LogP contribution in [0.1, 0.15) is 85.0 Å². The minimum Gasteiger partial charge on any atom is -0.464 e. The van der Waals surface area contributed by atoms with E-state index < -0.39 is 72.0 Å². The molecule has 0 saturated carbocycles. The Kier molecular flexibility index (Phi) is 14.7. The van der Waals surface area contributed by atoms with Crippen LogP contribution in [0, 0.1) is 5.92 Å². The fraction of sp³-hybridized carbons (Fsp3) is 0.920. The molecule has 0 bridgehead atoms. The SMILES string of the molecule is CCCCCCCCCCCOC(=O)C(CC(C)C)NC(=O)C(F)(F)C(F)(F)C(F)(F)C(F)(F)C(F)(F)C(F)(F)C(F)(F)F. The lowest BCUT2D eigenvalue weighted by atomic mass is 9.90. The first-order valence-electron chi connectivity index (χ1n) is 13.5. The highest BCUT2D eigenvalue weighted by atomic mass is 19.4. The summed E-state index contributed by atoms with van der Waals surface area (Å²) in [6, 6.07) is -2.30. The third-order valence-electron chi connectivity index (χ3n) is 6.40. The number of ether oxygens (including phenoxy) is 1. The molecule has 0 aliphatic heterocycles. The summed E-state index contributed by atoms with van der Waals surface area (Å²) in [4.78, 5) is 24.2. The number of alkyl halides is 15. The molecule has 262 valence electrons. The van der Waals surface area contributed by atoms with Crippen molar-refractivity contribution in [3.8, 4) is 0 Å². The Morgan fingerprint density at radius 1 is 0.591 bits per heavy atom. The molecule has 0 aliphatic rings. The molecule has 0 radical (unpaired) electrons. The summed E-state index contributed by atoms with van der Waals surface area (Å²) in [6.07, 6.45) is -0.983. The number of carbonyl (C=O) groups excluding carboxylic acids is 2. The number of hydrogen-bond acceptors (Lipinski definition) is 3. The first-order valence-corrected chi connectivity index (χ1v) is 13.5. The molecule has 1 unspecified atom stereocenters. The van der Waals surface area contributed by atoms with E-state index in [1.54, 1.807) is 0 Å². The molecule has 0 aromatic heterocycles. The Labute approximate surface area is 243 Å². The van der Waals surface area contributed by atoms with Crippen molar-refractivity contribution in [2.24, 2.45) is 5.92 Å². The van der Waals surface area contributed by atoms with Crippen LogP contribution in [0.4, 0.5) is 65.9 Å². The quantitative estimate of drug-likeness (QED) is 0.0794.